The van der Waals surface area contributed by atoms with Crippen molar-refractivity contribution in [3.63, 3.8) is 0 Å². The van der Waals surface area contributed by atoms with E-state index in [1.807, 2.05) is 0 Å². The maximum Gasteiger partial charge on any atom is 0.150 e. The SMILES string of the molecule is CC(C)N(C(C)C)[C@@H]1C(=O)CC[C@]2(C)[C@H]3CC[C@]4(C)C(=O)CC[C@H]4[C@@H]3CC[C@@H]12. The molecule has 0 heterocycles. The third kappa shape index (κ3) is 2.78. The predicted molar refractivity (Wildman–Crippen MR) is 113 cm³/mol. The maximum absolute atomic E-state index is 13.2. The Morgan fingerprint density at radius 3 is 2.14 bits per heavy atom. The van der Waals surface area contributed by atoms with Crippen molar-refractivity contribution in [1.29, 1.82) is 0 Å². The van der Waals surface area contributed by atoms with Gasteiger partial charge in [-0.3, -0.25) is 14.5 Å². The second-order valence-corrected chi connectivity index (χ2v) is 11.5. The zero-order valence-corrected chi connectivity index (χ0v) is 19.0. The van der Waals surface area contributed by atoms with Gasteiger partial charge in [-0.25, -0.2) is 0 Å². The van der Waals surface area contributed by atoms with Crippen molar-refractivity contribution in [3.05, 3.63) is 0 Å². The molecule has 0 saturated heterocycles. The third-order valence-corrected chi connectivity index (χ3v) is 9.79. The summed E-state index contributed by atoms with van der Waals surface area (Å²) in [5, 5.41) is 0. The zero-order chi connectivity index (χ0) is 20.4. The first-order valence-electron chi connectivity index (χ1n) is 11.9. The first-order chi connectivity index (χ1) is 13.1. The number of fused-ring (bicyclic) bond motifs is 5. The Hall–Kier alpha value is -0.700. The second kappa shape index (κ2) is 6.93. The first kappa shape index (κ1) is 20.6. The Kier molecular flexibility index (Phi) is 5.09. The van der Waals surface area contributed by atoms with E-state index in [0.29, 0.717) is 47.3 Å². The fourth-order valence-corrected chi connectivity index (χ4v) is 8.52. The number of carbonyl (C=O) groups is 2. The molecule has 0 radical (unpaired) electrons. The quantitative estimate of drug-likeness (QED) is 0.662. The van der Waals surface area contributed by atoms with Gasteiger partial charge in [-0.15, -0.1) is 0 Å². The Morgan fingerprint density at radius 2 is 1.50 bits per heavy atom. The van der Waals surface area contributed by atoms with Crippen LogP contribution in [0.5, 0.6) is 0 Å². The van der Waals surface area contributed by atoms with E-state index in [1.54, 1.807) is 0 Å². The summed E-state index contributed by atoms with van der Waals surface area (Å²) in [7, 11) is 0. The van der Waals surface area contributed by atoms with Crippen molar-refractivity contribution >= 4 is 11.6 Å². The third-order valence-electron chi connectivity index (χ3n) is 9.79. The minimum Gasteiger partial charge on any atom is -0.299 e. The number of ketones is 2. The molecule has 0 spiro atoms. The van der Waals surface area contributed by atoms with Gasteiger partial charge >= 0.3 is 0 Å². The molecule has 4 aliphatic rings. The second-order valence-electron chi connectivity index (χ2n) is 11.5. The van der Waals surface area contributed by atoms with Crippen LogP contribution in [-0.4, -0.2) is 34.6 Å². The summed E-state index contributed by atoms with van der Waals surface area (Å²) >= 11 is 0. The molecule has 0 bridgehead atoms. The Labute approximate surface area is 172 Å². The first-order valence-corrected chi connectivity index (χ1v) is 11.9. The van der Waals surface area contributed by atoms with E-state index in [9.17, 15) is 9.59 Å². The van der Waals surface area contributed by atoms with Crippen molar-refractivity contribution < 1.29 is 9.59 Å². The van der Waals surface area contributed by atoms with Crippen LogP contribution >= 0.6 is 0 Å². The molecule has 0 amide bonds. The number of carbonyl (C=O) groups excluding carboxylic acids is 2. The molecule has 0 aromatic heterocycles. The Balaban J connectivity index is 1.67. The van der Waals surface area contributed by atoms with Crippen LogP contribution in [0, 0.1) is 34.5 Å². The van der Waals surface area contributed by atoms with Crippen LogP contribution in [0.25, 0.3) is 0 Å². The topological polar surface area (TPSA) is 37.4 Å². The molecule has 0 unspecified atom stereocenters. The van der Waals surface area contributed by atoms with Gasteiger partial charge in [0.1, 0.15) is 11.6 Å². The average molecular weight is 388 g/mol. The number of hydrogen-bond donors (Lipinski definition) is 0. The molecule has 158 valence electrons. The fraction of sp³-hybridized carbons (Fsp3) is 0.920. The largest absolute Gasteiger partial charge is 0.299 e. The highest BCUT2D eigenvalue weighted by atomic mass is 16.1. The van der Waals surface area contributed by atoms with Crippen LogP contribution in [0.2, 0.25) is 0 Å². The van der Waals surface area contributed by atoms with Crippen LogP contribution in [0.4, 0.5) is 0 Å². The Morgan fingerprint density at radius 1 is 0.821 bits per heavy atom. The van der Waals surface area contributed by atoms with E-state index >= 15 is 0 Å². The molecule has 0 N–H and O–H groups in total. The summed E-state index contributed by atoms with van der Waals surface area (Å²) in [5.41, 5.74) is 0.215. The zero-order valence-electron chi connectivity index (χ0n) is 19.0. The highest BCUT2D eigenvalue weighted by molar-refractivity contribution is 5.87. The van der Waals surface area contributed by atoms with Crippen LogP contribution in [0.15, 0.2) is 0 Å². The van der Waals surface area contributed by atoms with Crippen molar-refractivity contribution in [2.45, 2.75) is 111 Å². The van der Waals surface area contributed by atoms with Crippen molar-refractivity contribution in [3.8, 4) is 0 Å². The summed E-state index contributed by atoms with van der Waals surface area (Å²) in [6, 6.07) is 0.894. The van der Waals surface area contributed by atoms with Crippen molar-refractivity contribution in [1.82, 2.24) is 4.90 Å². The van der Waals surface area contributed by atoms with Gasteiger partial charge in [-0.2, -0.15) is 0 Å². The van der Waals surface area contributed by atoms with E-state index < -0.39 is 0 Å². The molecule has 0 aliphatic heterocycles. The summed E-state index contributed by atoms with van der Waals surface area (Å²) < 4.78 is 0. The van der Waals surface area contributed by atoms with Crippen LogP contribution in [0.3, 0.4) is 0 Å². The van der Waals surface area contributed by atoms with E-state index in [0.717, 1.165) is 32.1 Å². The fourth-order valence-electron chi connectivity index (χ4n) is 8.52. The minimum atomic E-state index is -0.0455. The summed E-state index contributed by atoms with van der Waals surface area (Å²) in [6.07, 6.45) is 8.41. The van der Waals surface area contributed by atoms with Crippen LogP contribution in [-0.2, 0) is 9.59 Å². The van der Waals surface area contributed by atoms with E-state index in [4.69, 9.17) is 0 Å². The smallest absolute Gasteiger partial charge is 0.150 e. The number of nitrogens with zero attached hydrogens (tertiary/aromatic N) is 1. The Bertz CT molecular complexity index is 647. The summed E-state index contributed by atoms with van der Waals surface area (Å²) in [5.74, 6) is 3.50. The molecule has 0 aromatic carbocycles. The monoisotopic (exact) mass is 387 g/mol. The summed E-state index contributed by atoms with van der Waals surface area (Å²) in [4.78, 5) is 28.4. The van der Waals surface area contributed by atoms with Gasteiger partial charge in [0.25, 0.3) is 0 Å². The lowest BCUT2D eigenvalue weighted by Gasteiger charge is -2.62. The van der Waals surface area contributed by atoms with Crippen LogP contribution in [0.1, 0.15) is 92.9 Å². The molecule has 3 heteroatoms. The normalized spacial score (nSPS) is 46.1. The number of rotatable bonds is 3. The van der Waals surface area contributed by atoms with E-state index in [-0.39, 0.29) is 16.9 Å². The standard InChI is InChI=1S/C25H41NO2/c1-15(2)26(16(3)4)23-20-8-7-17-18-9-10-22(28)25(18,6)13-11-19(17)24(20,5)14-12-21(23)27/h15-20,23H,7-14H2,1-6H3/t17-,18-,19-,20-,23-,24+,25-/m0/s1. The molecule has 7 atom stereocenters. The minimum absolute atomic E-state index is 0.0455. The lowest BCUT2D eigenvalue weighted by molar-refractivity contribution is -0.159. The molecule has 4 fully saturated rings. The van der Waals surface area contributed by atoms with Crippen molar-refractivity contribution in [2.75, 3.05) is 0 Å². The van der Waals surface area contributed by atoms with Crippen LogP contribution < -0.4 is 0 Å². The molecule has 3 nitrogen and oxygen atoms in total. The molecule has 4 saturated carbocycles. The lowest BCUT2D eigenvalue weighted by Crippen LogP contribution is -2.63. The predicted octanol–water partition coefficient (Wildman–Crippen LogP) is 5.26. The molecule has 0 aromatic rings. The molecular weight excluding hydrogens is 346 g/mol. The molecule has 4 aliphatic carbocycles. The van der Waals surface area contributed by atoms with Gasteiger partial charge in [0, 0.05) is 30.3 Å². The number of hydrogen-bond acceptors (Lipinski definition) is 3. The van der Waals surface area contributed by atoms with Gasteiger partial charge in [-0.05, 0) is 95.3 Å². The van der Waals surface area contributed by atoms with Gasteiger partial charge in [0.05, 0.1) is 6.04 Å². The highest BCUT2D eigenvalue weighted by Crippen LogP contribution is 2.65. The lowest BCUT2D eigenvalue weighted by atomic mass is 9.44. The molecule has 28 heavy (non-hydrogen) atoms. The molecular formula is C25H41NO2. The van der Waals surface area contributed by atoms with Gasteiger partial charge in [0.2, 0.25) is 0 Å². The highest BCUT2D eigenvalue weighted by Gasteiger charge is 2.62. The number of Topliss-reactive ketones (excluding diaryl/α,β-unsaturated/α-hetero) is 2. The molecule has 4 rings (SSSR count). The van der Waals surface area contributed by atoms with Gasteiger partial charge < -0.3 is 0 Å². The van der Waals surface area contributed by atoms with Gasteiger partial charge in [-0.1, -0.05) is 13.8 Å². The summed E-state index contributed by atoms with van der Waals surface area (Å²) in [6.45, 7) is 13.8. The average Bonchev–Trinajstić information content (AvgIpc) is 2.92. The van der Waals surface area contributed by atoms with E-state index in [2.05, 4.69) is 46.4 Å². The van der Waals surface area contributed by atoms with Gasteiger partial charge in [0.15, 0.2) is 0 Å². The maximum atomic E-state index is 13.2. The van der Waals surface area contributed by atoms with Crippen molar-refractivity contribution in [2.24, 2.45) is 34.5 Å². The van der Waals surface area contributed by atoms with E-state index in [1.165, 1.54) is 19.3 Å².